The van der Waals surface area contributed by atoms with Crippen LogP contribution in [0.5, 0.6) is 0 Å². The third-order valence-corrected chi connectivity index (χ3v) is 3.91. The Balaban J connectivity index is 2.51. The molecule has 0 aliphatic carbocycles. The minimum atomic E-state index is -0.811. The second kappa shape index (κ2) is 5.54. The van der Waals surface area contributed by atoms with Crippen molar-refractivity contribution in [2.75, 3.05) is 18.1 Å². The molecule has 1 aliphatic rings. The Morgan fingerprint density at radius 2 is 2.33 bits per heavy atom. The largest absolute Gasteiger partial charge is 0.465 e. The van der Waals surface area contributed by atoms with Crippen molar-refractivity contribution in [2.24, 2.45) is 5.41 Å². The number of ether oxygens (including phenoxy) is 1. The summed E-state index contributed by atoms with van der Waals surface area (Å²) in [6.45, 7) is 4.01. The highest BCUT2D eigenvalue weighted by Gasteiger charge is 2.47. The zero-order chi connectivity index (χ0) is 11.3. The zero-order valence-electron chi connectivity index (χ0n) is 9.38. The zero-order valence-corrected chi connectivity index (χ0v) is 10.2. The number of ketones is 1. The van der Waals surface area contributed by atoms with E-state index in [4.69, 9.17) is 4.74 Å². The molecule has 86 valence electrons. The van der Waals surface area contributed by atoms with Gasteiger partial charge in [-0.1, -0.05) is 6.92 Å². The number of hydrogen-bond acceptors (Lipinski definition) is 4. The molecule has 0 saturated carbocycles. The number of esters is 1. The third kappa shape index (κ3) is 2.74. The molecule has 1 heterocycles. The minimum Gasteiger partial charge on any atom is -0.465 e. The summed E-state index contributed by atoms with van der Waals surface area (Å²) in [7, 11) is 0. The van der Waals surface area contributed by atoms with Crippen molar-refractivity contribution in [2.45, 2.75) is 33.1 Å². The number of carbonyl (C=O) groups is 2. The molecule has 1 atom stereocenters. The maximum absolute atomic E-state index is 11.6. The van der Waals surface area contributed by atoms with Crippen LogP contribution in [0.3, 0.4) is 0 Å². The Bertz CT molecular complexity index is 252. The highest BCUT2D eigenvalue weighted by molar-refractivity contribution is 7.99. The second-order valence-electron chi connectivity index (χ2n) is 3.82. The van der Waals surface area contributed by atoms with Crippen LogP contribution in [0.2, 0.25) is 0 Å². The highest BCUT2D eigenvalue weighted by atomic mass is 32.2. The van der Waals surface area contributed by atoms with Crippen molar-refractivity contribution < 1.29 is 14.3 Å². The van der Waals surface area contributed by atoms with Gasteiger partial charge in [0.15, 0.2) is 0 Å². The molecule has 1 fully saturated rings. The summed E-state index contributed by atoms with van der Waals surface area (Å²) in [5, 5.41) is 0. The molecule has 1 unspecified atom stereocenters. The van der Waals surface area contributed by atoms with Gasteiger partial charge in [0, 0.05) is 6.42 Å². The molecule has 0 aromatic rings. The Morgan fingerprint density at radius 1 is 1.60 bits per heavy atom. The van der Waals surface area contributed by atoms with Crippen LogP contribution in [0, 0.1) is 5.41 Å². The number of carbonyl (C=O) groups excluding carboxylic acids is 2. The first-order chi connectivity index (χ1) is 7.13. The van der Waals surface area contributed by atoms with Gasteiger partial charge in [-0.05, 0) is 31.3 Å². The van der Waals surface area contributed by atoms with E-state index in [9.17, 15) is 9.59 Å². The summed E-state index contributed by atoms with van der Waals surface area (Å²) in [6, 6.07) is 0. The van der Waals surface area contributed by atoms with E-state index in [-0.39, 0.29) is 11.8 Å². The molecule has 0 N–H and O–H groups in total. The van der Waals surface area contributed by atoms with Gasteiger partial charge in [-0.3, -0.25) is 9.59 Å². The Morgan fingerprint density at radius 3 is 2.80 bits per heavy atom. The lowest BCUT2D eigenvalue weighted by Crippen LogP contribution is -2.34. The topological polar surface area (TPSA) is 43.4 Å². The van der Waals surface area contributed by atoms with Gasteiger partial charge < -0.3 is 4.74 Å². The Kier molecular flexibility index (Phi) is 4.64. The lowest BCUT2D eigenvalue weighted by Gasteiger charge is -2.20. The van der Waals surface area contributed by atoms with Crippen molar-refractivity contribution in [1.29, 1.82) is 0 Å². The van der Waals surface area contributed by atoms with Crippen LogP contribution in [0.25, 0.3) is 0 Å². The maximum Gasteiger partial charge on any atom is 0.319 e. The van der Waals surface area contributed by atoms with E-state index in [1.807, 2.05) is 11.8 Å². The number of Topliss-reactive ketones (excluding diaryl/α,β-unsaturated/α-hetero) is 1. The normalized spacial score (nSPS) is 25.3. The van der Waals surface area contributed by atoms with Crippen LogP contribution in [-0.2, 0) is 14.3 Å². The molecular formula is C11H18O3S. The molecule has 0 spiro atoms. The summed E-state index contributed by atoms with van der Waals surface area (Å²) < 4.78 is 4.92. The number of thioether (sulfide) groups is 1. The van der Waals surface area contributed by atoms with E-state index >= 15 is 0 Å². The van der Waals surface area contributed by atoms with Gasteiger partial charge in [0.05, 0.1) is 6.61 Å². The Labute approximate surface area is 94.9 Å². The number of hydrogen-bond donors (Lipinski definition) is 0. The first-order valence-electron chi connectivity index (χ1n) is 5.39. The predicted molar refractivity (Wildman–Crippen MR) is 60.9 cm³/mol. The van der Waals surface area contributed by atoms with Crippen molar-refractivity contribution in [3.05, 3.63) is 0 Å². The van der Waals surface area contributed by atoms with E-state index in [1.54, 1.807) is 0 Å². The number of rotatable bonds is 6. The monoisotopic (exact) mass is 230 g/mol. The summed E-state index contributed by atoms with van der Waals surface area (Å²) in [5.74, 6) is 1.75. The maximum atomic E-state index is 11.6. The third-order valence-electron chi connectivity index (χ3n) is 2.92. The van der Waals surface area contributed by atoms with Crippen LogP contribution < -0.4 is 0 Å². The minimum absolute atomic E-state index is 0.0356. The summed E-state index contributed by atoms with van der Waals surface area (Å²) in [4.78, 5) is 23.1. The first kappa shape index (κ1) is 12.6. The van der Waals surface area contributed by atoms with Crippen molar-refractivity contribution in [3.63, 3.8) is 0 Å². The quantitative estimate of drug-likeness (QED) is 0.398. The van der Waals surface area contributed by atoms with Crippen molar-refractivity contribution >= 4 is 23.5 Å². The van der Waals surface area contributed by atoms with E-state index in [1.165, 1.54) is 6.92 Å². The average Bonchev–Trinajstić information content (AvgIpc) is 2.56. The molecule has 0 bridgehead atoms. The van der Waals surface area contributed by atoms with Gasteiger partial charge in [0.1, 0.15) is 11.2 Å². The summed E-state index contributed by atoms with van der Waals surface area (Å²) in [5.41, 5.74) is -0.811. The van der Waals surface area contributed by atoms with E-state index in [2.05, 4.69) is 6.92 Å². The fourth-order valence-corrected chi connectivity index (χ4v) is 2.54. The molecule has 15 heavy (non-hydrogen) atoms. The van der Waals surface area contributed by atoms with Crippen LogP contribution in [0.15, 0.2) is 0 Å². The van der Waals surface area contributed by atoms with Gasteiger partial charge >= 0.3 is 5.97 Å². The lowest BCUT2D eigenvalue weighted by atomic mass is 9.78. The molecule has 1 rings (SSSR count). The predicted octanol–water partition coefficient (Wildman–Crippen LogP) is 2.04. The summed E-state index contributed by atoms with van der Waals surface area (Å²) in [6.07, 6.45) is 2.12. The summed E-state index contributed by atoms with van der Waals surface area (Å²) >= 11 is 1.84. The highest BCUT2D eigenvalue weighted by Crippen LogP contribution is 2.36. The molecule has 0 aromatic carbocycles. The van der Waals surface area contributed by atoms with E-state index in [0.29, 0.717) is 19.4 Å². The van der Waals surface area contributed by atoms with Crippen LogP contribution in [0.4, 0.5) is 0 Å². The van der Waals surface area contributed by atoms with Crippen LogP contribution >= 0.6 is 11.8 Å². The fraction of sp³-hybridized carbons (Fsp3) is 0.818. The second-order valence-corrected chi connectivity index (χ2v) is 5.22. The first-order valence-corrected chi connectivity index (χ1v) is 6.55. The SMILES string of the molecule is CCSCCCC1(C(C)=O)CCOC1=O. The van der Waals surface area contributed by atoms with Crippen molar-refractivity contribution in [3.8, 4) is 0 Å². The molecular weight excluding hydrogens is 212 g/mol. The molecule has 0 amide bonds. The fourth-order valence-electron chi connectivity index (χ4n) is 1.90. The van der Waals surface area contributed by atoms with Crippen molar-refractivity contribution in [1.82, 2.24) is 0 Å². The van der Waals surface area contributed by atoms with Gasteiger partial charge in [-0.15, -0.1) is 0 Å². The molecule has 3 nitrogen and oxygen atoms in total. The van der Waals surface area contributed by atoms with Crippen LogP contribution in [-0.4, -0.2) is 29.9 Å². The van der Waals surface area contributed by atoms with Crippen LogP contribution in [0.1, 0.15) is 33.1 Å². The standard InChI is InChI=1S/C11H18O3S/c1-3-15-8-4-5-11(9(2)12)6-7-14-10(11)13/h3-8H2,1-2H3. The number of cyclic esters (lactones) is 1. The van der Waals surface area contributed by atoms with E-state index in [0.717, 1.165) is 17.9 Å². The molecule has 0 radical (unpaired) electrons. The smallest absolute Gasteiger partial charge is 0.319 e. The van der Waals surface area contributed by atoms with Gasteiger partial charge in [-0.25, -0.2) is 0 Å². The van der Waals surface area contributed by atoms with Gasteiger partial charge in [0.25, 0.3) is 0 Å². The molecule has 1 saturated heterocycles. The molecule has 4 heteroatoms. The average molecular weight is 230 g/mol. The van der Waals surface area contributed by atoms with E-state index < -0.39 is 5.41 Å². The molecule has 1 aliphatic heterocycles. The van der Waals surface area contributed by atoms with Gasteiger partial charge in [-0.2, -0.15) is 11.8 Å². The molecule has 0 aromatic heterocycles. The van der Waals surface area contributed by atoms with Gasteiger partial charge in [0.2, 0.25) is 0 Å². The Hall–Kier alpha value is -0.510. The lowest BCUT2D eigenvalue weighted by molar-refractivity contribution is -0.151.